The fraction of sp³-hybridized carbons (Fsp3) is 0.200. The molecule has 0 N–H and O–H groups in total. The van der Waals surface area contributed by atoms with Gasteiger partial charge in [-0.3, -0.25) is 4.98 Å². The highest BCUT2D eigenvalue weighted by molar-refractivity contribution is 5.90. The Bertz CT molecular complexity index is 982. The molecule has 0 fully saturated rings. The van der Waals surface area contributed by atoms with Crippen LogP contribution in [0.2, 0.25) is 0 Å². The van der Waals surface area contributed by atoms with Gasteiger partial charge in [-0.2, -0.15) is 0 Å². The minimum absolute atomic E-state index is 0.702. The molecule has 0 bridgehead atoms. The molecule has 130 valence electrons. The average Bonchev–Trinajstić information content (AvgIpc) is 3.21. The van der Waals surface area contributed by atoms with Crippen molar-refractivity contribution in [2.24, 2.45) is 0 Å². The Morgan fingerprint density at radius 2 is 1.92 bits per heavy atom. The van der Waals surface area contributed by atoms with Gasteiger partial charge in [-0.1, -0.05) is 12.1 Å². The number of aromatic nitrogens is 5. The lowest BCUT2D eigenvalue weighted by molar-refractivity contribution is 0.636. The van der Waals surface area contributed by atoms with Crippen LogP contribution in [0, 0.1) is 0 Å². The predicted molar refractivity (Wildman–Crippen MR) is 103 cm³/mol. The van der Waals surface area contributed by atoms with E-state index in [1.54, 1.807) is 12.4 Å². The molecule has 26 heavy (non-hydrogen) atoms. The van der Waals surface area contributed by atoms with Gasteiger partial charge in [-0.25, -0.2) is 15.0 Å². The Morgan fingerprint density at radius 1 is 1.00 bits per heavy atom. The van der Waals surface area contributed by atoms with Gasteiger partial charge in [-0.05, 0) is 30.7 Å². The van der Waals surface area contributed by atoms with Crippen molar-refractivity contribution in [1.29, 1.82) is 0 Å². The summed E-state index contributed by atoms with van der Waals surface area (Å²) in [6.07, 6.45) is 10.2. The van der Waals surface area contributed by atoms with E-state index in [0.717, 1.165) is 41.8 Å². The number of benzene rings is 1. The lowest BCUT2D eigenvalue weighted by Gasteiger charge is -2.20. The van der Waals surface area contributed by atoms with Crippen LogP contribution in [0.1, 0.15) is 6.42 Å². The molecule has 0 atom stereocenters. The topological polar surface area (TPSA) is 59.7 Å². The second-order valence-corrected chi connectivity index (χ2v) is 6.21. The molecule has 3 aromatic heterocycles. The highest BCUT2D eigenvalue weighted by atomic mass is 15.2. The molecule has 4 rings (SSSR count). The first-order chi connectivity index (χ1) is 12.8. The Balaban J connectivity index is 1.64. The quantitative estimate of drug-likeness (QED) is 0.536. The maximum absolute atomic E-state index is 4.84. The Hall–Kier alpha value is -3.28. The molecule has 0 saturated carbocycles. The molecule has 0 spiro atoms. The van der Waals surface area contributed by atoms with E-state index in [0.29, 0.717) is 5.82 Å². The van der Waals surface area contributed by atoms with Crippen LogP contribution < -0.4 is 4.90 Å². The summed E-state index contributed by atoms with van der Waals surface area (Å²) in [6.45, 7) is 1.83. The van der Waals surface area contributed by atoms with E-state index in [-0.39, 0.29) is 0 Å². The fourth-order valence-corrected chi connectivity index (χ4v) is 2.99. The molecule has 0 unspecified atom stereocenters. The Kier molecular flexibility index (Phi) is 4.55. The second kappa shape index (κ2) is 7.31. The van der Waals surface area contributed by atoms with Crippen molar-refractivity contribution >= 4 is 16.7 Å². The van der Waals surface area contributed by atoms with E-state index < -0.39 is 0 Å². The first-order valence-electron chi connectivity index (χ1n) is 8.65. The van der Waals surface area contributed by atoms with E-state index >= 15 is 0 Å². The third-order valence-electron chi connectivity index (χ3n) is 4.33. The Morgan fingerprint density at radius 3 is 2.73 bits per heavy atom. The number of pyridine rings is 1. The van der Waals surface area contributed by atoms with Crippen LogP contribution in [0.15, 0.2) is 67.5 Å². The third kappa shape index (κ3) is 3.39. The standard InChI is InChI=1S/C20H20N6/c1-25(11-5-12-26-13-10-22-15-26)20-17-7-2-3-8-18(17)23-19(24-20)16-6-4-9-21-14-16/h2-4,6-10,13-15H,5,11-12H2,1H3. The molecule has 0 aliphatic carbocycles. The number of hydrogen-bond acceptors (Lipinski definition) is 5. The smallest absolute Gasteiger partial charge is 0.163 e. The largest absolute Gasteiger partial charge is 0.359 e. The molecule has 1 aromatic carbocycles. The van der Waals surface area contributed by atoms with Crippen LogP contribution in [0.25, 0.3) is 22.3 Å². The highest BCUT2D eigenvalue weighted by Crippen LogP contribution is 2.26. The van der Waals surface area contributed by atoms with Crippen LogP contribution in [0.4, 0.5) is 5.82 Å². The summed E-state index contributed by atoms with van der Waals surface area (Å²) in [7, 11) is 2.08. The SMILES string of the molecule is CN(CCCn1ccnc1)c1nc(-c2cccnc2)nc2ccccc12. The van der Waals surface area contributed by atoms with Gasteiger partial charge in [0.25, 0.3) is 0 Å². The van der Waals surface area contributed by atoms with Gasteiger partial charge in [0, 0.05) is 55.9 Å². The number of anilines is 1. The molecular weight excluding hydrogens is 324 g/mol. The van der Waals surface area contributed by atoms with Crippen molar-refractivity contribution < 1.29 is 0 Å². The van der Waals surface area contributed by atoms with Crippen LogP contribution in [0.5, 0.6) is 0 Å². The normalized spacial score (nSPS) is 11.0. The zero-order valence-corrected chi connectivity index (χ0v) is 14.7. The number of hydrogen-bond donors (Lipinski definition) is 0. The number of imidazole rings is 1. The minimum atomic E-state index is 0.702. The minimum Gasteiger partial charge on any atom is -0.359 e. The van der Waals surface area contributed by atoms with Crippen molar-refractivity contribution in [3.8, 4) is 11.4 Å². The van der Waals surface area contributed by atoms with E-state index in [1.807, 2.05) is 49.1 Å². The molecule has 0 radical (unpaired) electrons. The lowest BCUT2D eigenvalue weighted by atomic mass is 10.2. The summed E-state index contributed by atoms with van der Waals surface area (Å²) < 4.78 is 2.09. The zero-order chi connectivity index (χ0) is 17.8. The van der Waals surface area contributed by atoms with Crippen LogP contribution in [-0.2, 0) is 6.54 Å². The van der Waals surface area contributed by atoms with Crippen molar-refractivity contribution in [2.45, 2.75) is 13.0 Å². The van der Waals surface area contributed by atoms with E-state index in [2.05, 4.69) is 32.5 Å². The fourth-order valence-electron chi connectivity index (χ4n) is 2.99. The van der Waals surface area contributed by atoms with Gasteiger partial charge in [0.05, 0.1) is 11.8 Å². The number of nitrogens with zero attached hydrogens (tertiary/aromatic N) is 6. The highest BCUT2D eigenvalue weighted by Gasteiger charge is 2.12. The zero-order valence-electron chi connectivity index (χ0n) is 14.7. The molecule has 6 nitrogen and oxygen atoms in total. The van der Waals surface area contributed by atoms with Crippen LogP contribution in [-0.4, -0.2) is 38.1 Å². The predicted octanol–water partition coefficient (Wildman–Crippen LogP) is 3.41. The maximum atomic E-state index is 4.84. The maximum Gasteiger partial charge on any atom is 0.163 e. The van der Waals surface area contributed by atoms with Crippen molar-refractivity contribution in [1.82, 2.24) is 24.5 Å². The van der Waals surface area contributed by atoms with Gasteiger partial charge in [0.1, 0.15) is 5.82 Å². The van der Waals surface area contributed by atoms with E-state index in [1.165, 1.54) is 0 Å². The third-order valence-corrected chi connectivity index (χ3v) is 4.33. The molecule has 0 amide bonds. The summed E-state index contributed by atoms with van der Waals surface area (Å²) in [5.41, 5.74) is 1.86. The first-order valence-corrected chi connectivity index (χ1v) is 8.65. The molecule has 0 aliphatic rings. The number of para-hydroxylation sites is 1. The number of aryl methyl sites for hydroxylation is 1. The summed E-state index contributed by atoms with van der Waals surface area (Å²) in [4.78, 5) is 20.0. The Labute approximate surface area is 152 Å². The summed E-state index contributed by atoms with van der Waals surface area (Å²) >= 11 is 0. The van der Waals surface area contributed by atoms with Gasteiger partial charge in [0.2, 0.25) is 0 Å². The molecule has 6 heteroatoms. The summed E-state index contributed by atoms with van der Waals surface area (Å²) in [5, 5.41) is 1.06. The molecule has 4 aromatic rings. The van der Waals surface area contributed by atoms with E-state index in [4.69, 9.17) is 9.97 Å². The second-order valence-electron chi connectivity index (χ2n) is 6.21. The average molecular weight is 344 g/mol. The summed E-state index contributed by atoms with van der Waals surface area (Å²) in [6, 6.07) is 12.0. The molecule has 0 saturated heterocycles. The van der Waals surface area contributed by atoms with Gasteiger partial charge >= 0.3 is 0 Å². The van der Waals surface area contributed by atoms with Crippen molar-refractivity contribution in [3.05, 3.63) is 67.5 Å². The van der Waals surface area contributed by atoms with Gasteiger partial charge in [0.15, 0.2) is 5.82 Å². The van der Waals surface area contributed by atoms with Gasteiger partial charge in [-0.15, -0.1) is 0 Å². The monoisotopic (exact) mass is 344 g/mol. The molecular formula is C20H20N6. The van der Waals surface area contributed by atoms with Crippen molar-refractivity contribution in [3.63, 3.8) is 0 Å². The molecule has 3 heterocycles. The van der Waals surface area contributed by atoms with E-state index in [9.17, 15) is 0 Å². The first kappa shape index (κ1) is 16.2. The summed E-state index contributed by atoms with van der Waals surface area (Å²) in [5.74, 6) is 1.65. The van der Waals surface area contributed by atoms with Crippen molar-refractivity contribution in [2.75, 3.05) is 18.5 Å². The number of fused-ring (bicyclic) bond motifs is 1. The van der Waals surface area contributed by atoms with Crippen LogP contribution in [0.3, 0.4) is 0 Å². The van der Waals surface area contributed by atoms with Gasteiger partial charge < -0.3 is 9.47 Å². The lowest BCUT2D eigenvalue weighted by Crippen LogP contribution is -2.21. The molecule has 0 aliphatic heterocycles. The number of rotatable bonds is 6. The van der Waals surface area contributed by atoms with Crippen LogP contribution >= 0.6 is 0 Å².